The fourth-order valence-corrected chi connectivity index (χ4v) is 2.32. The SMILES string of the molecule is CC(C)CN1CCC(O)CC1.CNC1CCC1.[HH]. The first-order chi connectivity index (χ1) is 8.11. The van der Waals surface area contributed by atoms with Gasteiger partial charge in [-0.15, -0.1) is 0 Å². The highest BCUT2D eigenvalue weighted by molar-refractivity contribution is 4.73. The van der Waals surface area contributed by atoms with Gasteiger partial charge in [0.1, 0.15) is 0 Å². The van der Waals surface area contributed by atoms with Crippen molar-refractivity contribution in [1.82, 2.24) is 10.2 Å². The highest BCUT2D eigenvalue weighted by Crippen LogP contribution is 2.16. The number of aliphatic hydroxyl groups excluding tert-OH is 1. The molecule has 1 saturated carbocycles. The van der Waals surface area contributed by atoms with E-state index in [2.05, 4.69) is 24.1 Å². The first kappa shape index (κ1) is 14.9. The lowest BCUT2D eigenvalue weighted by Gasteiger charge is -2.30. The van der Waals surface area contributed by atoms with Crippen molar-refractivity contribution in [1.29, 1.82) is 0 Å². The minimum Gasteiger partial charge on any atom is -0.393 e. The zero-order valence-corrected chi connectivity index (χ0v) is 11.8. The van der Waals surface area contributed by atoms with Crippen LogP contribution in [0, 0.1) is 5.92 Å². The highest BCUT2D eigenvalue weighted by Gasteiger charge is 2.16. The van der Waals surface area contributed by atoms with Crippen molar-refractivity contribution in [3.8, 4) is 0 Å². The van der Waals surface area contributed by atoms with Gasteiger partial charge in [0, 0.05) is 27.1 Å². The third kappa shape index (κ3) is 6.39. The average Bonchev–Trinajstić information content (AvgIpc) is 2.20. The Hall–Kier alpha value is -0.120. The molecule has 104 valence electrons. The zero-order chi connectivity index (χ0) is 12.7. The molecule has 2 N–H and O–H groups in total. The van der Waals surface area contributed by atoms with Gasteiger partial charge >= 0.3 is 0 Å². The fourth-order valence-electron chi connectivity index (χ4n) is 2.32. The summed E-state index contributed by atoms with van der Waals surface area (Å²) in [6.07, 6.45) is 6.14. The molecule has 1 saturated heterocycles. The van der Waals surface area contributed by atoms with Crippen molar-refractivity contribution in [2.75, 3.05) is 26.7 Å². The average molecular weight is 244 g/mol. The summed E-state index contributed by atoms with van der Waals surface area (Å²) in [6, 6.07) is 0.866. The maximum atomic E-state index is 9.23. The summed E-state index contributed by atoms with van der Waals surface area (Å²) in [5.74, 6) is 0.755. The molecule has 0 aromatic rings. The van der Waals surface area contributed by atoms with E-state index in [1.807, 2.05) is 7.05 Å². The Kier molecular flexibility index (Phi) is 7.09. The van der Waals surface area contributed by atoms with Gasteiger partial charge in [0.2, 0.25) is 0 Å². The van der Waals surface area contributed by atoms with Gasteiger partial charge in [-0.05, 0) is 38.6 Å². The molecule has 1 aliphatic carbocycles. The third-order valence-corrected chi connectivity index (χ3v) is 3.69. The molecule has 0 atom stereocenters. The van der Waals surface area contributed by atoms with Crippen LogP contribution in [0.5, 0.6) is 0 Å². The number of hydrogen-bond donors (Lipinski definition) is 2. The number of hydrogen-bond acceptors (Lipinski definition) is 3. The Morgan fingerprint density at radius 2 is 1.82 bits per heavy atom. The summed E-state index contributed by atoms with van der Waals surface area (Å²) in [4.78, 5) is 2.44. The normalized spacial score (nSPS) is 23.1. The Labute approximate surface area is 108 Å². The predicted molar refractivity (Wildman–Crippen MR) is 75.3 cm³/mol. The lowest BCUT2D eigenvalue weighted by molar-refractivity contribution is 0.0772. The molecule has 1 heterocycles. The van der Waals surface area contributed by atoms with Crippen molar-refractivity contribution in [3.05, 3.63) is 0 Å². The second-order valence-corrected chi connectivity index (χ2v) is 5.84. The molecule has 0 amide bonds. The first-order valence-electron chi connectivity index (χ1n) is 7.19. The molecule has 0 aromatic carbocycles. The number of nitrogens with one attached hydrogen (secondary N) is 1. The van der Waals surface area contributed by atoms with Crippen molar-refractivity contribution in [3.63, 3.8) is 0 Å². The van der Waals surface area contributed by atoms with E-state index in [9.17, 15) is 5.11 Å². The van der Waals surface area contributed by atoms with Crippen molar-refractivity contribution in [2.24, 2.45) is 5.92 Å². The molecule has 17 heavy (non-hydrogen) atoms. The summed E-state index contributed by atoms with van der Waals surface area (Å²) in [5, 5.41) is 12.4. The van der Waals surface area contributed by atoms with Gasteiger partial charge in [-0.25, -0.2) is 0 Å². The maximum Gasteiger partial charge on any atom is 0.0564 e. The van der Waals surface area contributed by atoms with Crippen LogP contribution in [-0.2, 0) is 0 Å². The summed E-state index contributed by atoms with van der Waals surface area (Å²) in [7, 11) is 2.03. The molecule has 3 heteroatoms. The summed E-state index contributed by atoms with van der Waals surface area (Å²) in [5.41, 5.74) is 0. The monoisotopic (exact) mass is 244 g/mol. The van der Waals surface area contributed by atoms with E-state index >= 15 is 0 Å². The standard InChI is InChI=1S/C9H19NO.C5H11N.H2/c1-8(2)7-10-5-3-9(11)4-6-10;1-6-5-3-2-4-5;/h8-9,11H,3-7H2,1-2H3;5-6H,2-4H2,1H3;1H. The van der Waals surface area contributed by atoms with Crippen LogP contribution in [0.25, 0.3) is 0 Å². The molecular formula is C14H32N2O. The van der Waals surface area contributed by atoms with Crippen molar-refractivity contribution < 1.29 is 6.53 Å². The van der Waals surface area contributed by atoms with Crippen molar-refractivity contribution >= 4 is 0 Å². The van der Waals surface area contributed by atoms with E-state index < -0.39 is 0 Å². The van der Waals surface area contributed by atoms with Gasteiger partial charge in [-0.3, -0.25) is 0 Å². The molecular weight excluding hydrogens is 212 g/mol. The molecule has 0 spiro atoms. The number of rotatable bonds is 3. The van der Waals surface area contributed by atoms with Crippen LogP contribution < -0.4 is 5.32 Å². The van der Waals surface area contributed by atoms with Gasteiger partial charge in [0.15, 0.2) is 0 Å². The van der Waals surface area contributed by atoms with Crippen LogP contribution in [0.4, 0.5) is 0 Å². The zero-order valence-electron chi connectivity index (χ0n) is 11.8. The Bertz CT molecular complexity index is 187. The molecule has 1 aliphatic heterocycles. The van der Waals surface area contributed by atoms with E-state index in [0.717, 1.165) is 37.9 Å². The topological polar surface area (TPSA) is 35.5 Å². The molecule has 2 fully saturated rings. The van der Waals surface area contributed by atoms with Gasteiger partial charge in [0.05, 0.1) is 6.10 Å². The Morgan fingerprint density at radius 3 is 2.12 bits per heavy atom. The van der Waals surface area contributed by atoms with E-state index in [1.165, 1.54) is 25.8 Å². The summed E-state index contributed by atoms with van der Waals surface area (Å²) in [6.45, 7) is 7.83. The first-order valence-corrected chi connectivity index (χ1v) is 7.19. The minimum atomic E-state index is -0.0292. The number of aliphatic hydroxyl groups is 1. The summed E-state index contributed by atoms with van der Waals surface area (Å²) >= 11 is 0. The maximum absolute atomic E-state index is 9.23. The summed E-state index contributed by atoms with van der Waals surface area (Å²) < 4.78 is 0. The van der Waals surface area contributed by atoms with Crippen LogP contribution in [0.3, 0.4) is 0 Å². The van der Waals surface area contributed by atoms with Crippen LogP contribution in [0.15, 0.2) is 0 Å². The predicted octanol–water partition coefficient (Wildman–Crippen LogP) is 2.10. The van der Waals surface area contributed by atoms with Crippen LogP contribution in [0.1, 0.15) is 47.4 Å². The van der Waals surface area contributed by atoms with Crippen LogP contribution >= 0.6 is 0 Å². The lowest BCUT2D eigenvalue weighted by Crippen LogP contribution is -2.37. The molecule has 2 aliphatic rings. The van der Waals surface area contributed by atoms with Gasteiger partial charge in [-0.2, -0.15) is 0 Å². The molecule has 2 rings (SSSR count). The van der Waals surface area contributed by atoms with Gasteiger partial charge < -0.3 is 15.3 Å². The van der Waals surface area contributed by atoms with E-state index in [4.69, 9.17) is 0 Å². The van der Waals surface area contributed by atoms with Crippen molar-refractivity contribution in [2.45, 2.75) is 58.1 Å². The highest BCUT2D eigenvalue weighted by atomic mass is 16.3. The van der Waals surface area contributed by atoms with Crippen LogP contribution in [-0.4, -0.2) is 48.8 Å². The Balaban J connectivity index is 0.000000352. The van der Waals surface area contributed by atoms with Crippen LogP contribution in [0.2, 0.25) is 0 Å². The van der Waals surface area contributed by atoms with Gasteiger partial charge in [-0.1, -0.05) is 20.3 Å². The quantitative estimate of drug-likeness (QED) is 0.798. The fraction of sp³-hybridized carbons (Fsp3) is 1.00. The smallest absolute Gasteiger partial charge is 0.0564 e. The lowest BCUT2D eigenvalue weighted by atomic mass is 9.94. The molecule has 0 radical (unpaired) electrons. The minimum absolute atomic E-state index is 0. The molecule has 0 unspecified atom stereocenters. The Morgan fingerprint density at radius 1 is 1.24 bits per heavy atom. The number of likely N-dealkylation sites (tertiary alicyclic amines) is 1. The molecule has 3 nitrogen and oxygen atoms in total. The van der Waals surface area contributed by atoms with E-state index in [-0.39, 0.29) is 7.53 Å². The molecule has 0 aromatic heterocycles. The second kappa shape index (κ2) is 8.06. The largest absolute Gasteiger partial charge is 0.393 e. The van der Waals surface area contributed by atoms with Gasteiger partial charge in [0.25, 0.3) is 0 Å². The van der Waals surface area contributed by atoms with E-state index in [1.54, 1.807) is 0 Å². The second-order valence-electron chi connectivity index (χ2n) is 5.84. The number of piperidine rings is 1. The number of nitrogens with zero attached hydrogens (tertiary/aromatic N) is 1. The molecule has 0 bridgehead atoms. The third-order valence-electron chi connectivity index (χ3n) is 3.69. The van der Waals surface area contributed by atoms with E-state index in [0.29, 0.717) is 0 Å².